The lowest BCUT2D eigenvalue weighted by Gasteiger charge is -2.41. The Labute approximate surface area is 112 Å². The van der Waals surface area contributed by atoms with Gasteiger partial charge in [0.1, 0.15) is 0 Å². The summed E-state index contributed by atoms with van der Waals surface area (Å²) < 4.78 is 0. The van der Waals surface area contributed by atoms with E-state index in [2.05, 4.69) is 17.1 Å². The summed E-state index contributed by atoms with van der Waals surface area (Å²) in [6.45, 7) is 6.59. The Hall–Kier alpha value is -0.120. The molecular formula is C15H30N2O. The topological polar surface area (TPSA) is 35.5 Å². The van der Waals surface area contributed by atoms with Crippen molar-refractivity contribution in [3.8, 4) is 0 Å². The van der Waals surface area contributed by atoms with Gasteiger partial charge >= 0.3 is 0 Å². The molecule has 2 aliphatic rings. The first-order valence-corrected chi connectivity index (χ1v) is 7.91. The van der Waals surface area contributed by atoms with Crippen LogP contribution in [0.15, 0.2) is 0 Å². The molecule has 18 heavy (non-hydrogen) atoms. The van der Waals surface area contributed by atoms with E-state index in [-0.39, 0.29) is 0 Å². The number of nitrogens with one attached hydrogen (secondary N) is 1. The smallest absolute Gasteiger partial charge is 0.0774 e. The fraction of sp³-hybridized carbons (Fsp3) is 1.00. The van der Waals surface area contributed by atoms with E-state index in [4.69, 9.17) is 0 Å². The molecule has 1 saturated heterocycles. The summed E-state index contributed by atoms with van der Waals surface area (Å²) >= 11 is 0. The number of nitrogens with zero attached hydrogens (tertiary/aromatic N) is 1. The van der Waals surface area contributed by atoms with Crippen LogP contribution in [-0.2, 0) is 0 Å². The predicted octanol–water partition coefficient (Wildman–Crippen LogP) is 2.15. The third-order valence-electron chi connectivity index (χ3n) is 4.62. The Kier molecular flexibility index (Phi) is 5.46. The number of aliphatic hydroxyl groups is 1. The molecular weight excluding hydrogens is 224 g/mol. The summed E-state index contributed by atoms with van der Waals surface area (Å²) in [5.41, 5.74) is -0.391. The highest BCUT2D eigenvalue weighted by molar-refractivity contribution is 4.88. The molecule has 0 atom stereocenters. The molecule has 0 aromatic heterocycles. The van der Waals surface area contributed by atoms with Crippen molar-refractivity contribution in [1.29, 1.82) is 0 Å². The summed E-state index contributed by atoms with van der Waals surface area (Å²) in [5.74, 6) is 0. The highest BCUT2D eigenvalue weighted by Gasteiger charge is 2.33. The van der Waals surface area contributed by atoms with E-state index < -0.39 is 5.60 Å². The molecule has 2 N–H and O–H groups in total. The Morgan fingerprint density at radius 1 is 1.17 bits per heavy atom. The summed E-state index contributed by atoms with van der Waals surface area (Å²) in [4.78, 5) is 2.58. The van der Waals surface area contributed by atoms with Gasteiger partial charge in [0, 0.05) is 12.6 Å². The number of piperidine rings is 1. The second-order valence-electron chi connectivity index (χ2n) is 6.24. The molecule has 3 nitrogen and oxygen atoms in total. The minimum Gasteiger partial charge on any atom is -0.389 e. The molecule has 0 aromatic rings. The molecule has 0 aromatic carbocycles. The maximum absolute atomic E-state index is 10.7. The van der Waals surface area contributed by atoms with Crippen LogP contribution in [0.25, 0.3) is 0 Å². The molecule has 1 aliphatic carbocycles. The third-order valence-corrected chi connectivity index (χ3v) is 4.62. The van der Waals surface area contributed by atoms with Crippen LogP contribution in [0.5, 0.6) is 0 Å². The van der Waals surface area contributed by atoms with Gasteiger partial charge in [0.05, 0.1) is 5.60 Å². The average Bonchev–Trinajstić information content (AvgIpc) is 2.40. The lowest BCUT2D eigenvalue weighted by molar-refractivity contribution is -0.0388. The van der Waals surface area contributed by atoms with Gasteiger partial charge in [0.2, 0.25) is 0 Å². The van der Waals surface area contributed by atoms with Crippen molar-refractivity contribution in [3.63, 3.8) is 0 Å². The standard InChI is InChI=1S/C15H30N2O/c1-2-12-17(14-6-10-16-11-7-14)13-15(18)8-4-3-5-9-15/h14,16,18H,2-13H2,1H3. The van der Waals surface area contributed by atoms with Crippen molar-refractivity contribution in [2.24, 2.45) is 0 Å². The van der Waals surface area contributed by atoms with Crippen LogP contribution >= 0.6 is 0 Å². The molecule has 3 heteroatoms. The van der Waals surface area contributed by atoms with Crippen molar-refractivity contribution in [2.75, 3.05) is 26.2 Å². The summed E-state index contributed by atoms with van der Waals surface area (Å²) in [6.07, 6.45) is 9.44. The predicted molar refractivity (Wildman–Crippen MR) is 75.8 cm³/mol. The average molecular weight is 254 g/mol. The van der Waals surface area contributed by atoms with Gasteiger partial charge < -0.3 is 10.4 Å². The van der Waals surface area contributed by atoms with Crippen LogP contribution < -0.4 is 5.32 Å². The molecule has 1 aliphatic heterocycles. The van der Waals surface area contributed by atoms with Crippen molar-refractivity contribution >= 4 is 0 Å². The Morgan fingerprint density at radius 3 is 2.44 bits per heavy atom. The van der Waals surface area contributed by atoms with Gasteiger partial charge in [0.15, 0.2) is 0 Å². The monoisotopic (exact) mass is 254 g/mol. The van der Waals surface area contributed by atoms with E-state index in [1.165, 1.54) is 38.5 Å². The minimum absolute atomic E-state index is 0.391. The maximum atomic E-state index is 10.7. The van der Waals surface area contributed by atoms with E-state index in [1.807, 2.05) is 0 Å². The van der Waals surface area contributed by atoms with Crippen molar-refractivity contribution in [1.82, 2.24) is 10.2 Å². The Balaban J connectivity index is 1.91. The number of hydrogen-bond donors (Lipinski definition) is 2. The Morgan fingerprint density at radius 2 is 1.83 bits per heavy atom. The first-order valence-electron chi connectivity index (χ1n) is 7.91. The van der Waals surface area contributed by atoms with Crippen molar-refractivity contribution in [3.05, 3.63) is 0 Å². The van der Waals surface area contributed by atoms with Crippen LogP contribution in [0.3, 0.4) is 0 Å². The van der Waals surface area contributed by atoms with Gasteiger partial charge in [-0.05, 0) is 51.7 Å². The minimum atomic E-state index is -0.391. The summed E-state index contributed by atoms with van der Waals surface area (Å²) in [7, 11) is 0. The van der Waals surface area contributed by atoms with E-state index in [0.717, 1.165) is 39.0 Å². The van der Waals surface area contributed by atoms with Gasteiger partial charge in [0.25, 0.3) is 0 Å². The molecule has 0 spiro atoms. The van der Waals surface area contributed by atoms with E-state index in [0.29, 0.717) is 6.04 Å². The molecule has 1 saturated carbocycles. The summed E-state index contributed by atoms with van der Waals surface area (Å²) in [6, 6.07) is 0.692. The SMILES string of the molecule is CCCN(CC1(O)CCCCC1)C1CCNCC1. The highest BCUT2D eigenvalue weighted by Crippen LogP contribution is 2.30. The molecule has 2 rings (SSSR count). The lowest BCUT2D eigenvalue weighted by atomic mass is 9.84. The van der Waals surface area contributed by atoms with E-state index in [1.54, 1.807) is 0 Å². The van der Waals surface area contributed by atoms with E-state index in [9.17, 15) is 5.11 Å². The first kappa shape index (κ1) is 14.3. The zero-order chi connectivity index (χ0) is 12.8. The lowest BCUT2D eigenvalue weighted by Crippen LogP contribution is -2.51. The second-order valence-corrected chi connectivity index (χ2v) is 6.24. The van der Waals surface area contributed by atoms with Gasteiger partial charge in [-0.2, -0.15) is 0 Å². The van der Waals surface area contributed by atoms with E-state index >= 15 is 0 Å². The summed E-state index contributed by atoms with van der Waals surface area (Å²) in [5, 5.41) is 14.2. The zero-order valence-corrected chi connectivity index (χ0v) is 12.0. The van der Waals surface area contributed by atoms with Gasteiger partial charge in [-0.25, -0.2) is 0 Å². The number of rotatable bonds is 5. The molecule has 2 fully saturated rings. The molecule has 0 bridgehead atoms. The van der Waals surface area contributed by atoms with Crippen molar-refractivity contribution in [2.45, 2.75) is 69.9 Å². The van der Waals surface area contributed by atoms with Crippen molar-refractivity contribution < 1.29 is 5.11 Å². The van der Waals surface area contributed by atoms with Gasteiger partial charge in [-0.15, -0.1) is 0 Å². The van der Waals surface area contributed by atoms with Gasteiger partial charge in [-0.3, -0.25) is 4.90 Å². The third kappa shape index (κ3) is 3.94. The molecule has 0 amide bonds. The van der Waals surface area contributed by atoms with Crippen LogP contribution in [0.2, 0.25) is 0 Å². The van der Waals surface area contributed by atoms with Crippen LogP contribution in [0.1, 0.15) is 58.3 Å². The zero-order valence-electron chi connectivity index (χ0n) is 12.0. The fourth-order valence-electron chi connectivity index (χ4n) is 3.60. The van der Waals surface area contributed by atoms with Gasteiger partial charge in [-0.1, -0.05) is 26.2 Å². The molecule has 0 unspecified atom stereocenters. The Bertz CT molecular complexity index is 233. The number of hydrogen-bond acceptors (Lipinski definition) is 3. The van der Waals surface area contributed by atoms with Crippen LogP contribution in [0, 0.1) is 0 Å². The quantitative estimate of drug-likeness (QED) is 0.789. The first-order chi connectivity index (χ1) is 8.73. The van der Waals surface area contributed by atoms with Crippen LogP contribution in [0.4, 0.5) is 0 Å². The molecule has 0 radical (unpaired) electrons. The molecule has 1 heterocycles. The second kappa shape index (κ2) is 6.88. The largest absolute Gasteiger partial charge is 0.389 e. The fourth-order valence-corrected chi connectivity index (χ4v) is 3.60. The highest BCUT2D eigenvalue weighted by atomic mass is 16.3. The van der Waals surface area contributed by atoms with Crippen LogP contribution in [-0.4, -0.2) is 47.8 Å². The normalized spacial score (nSPS) is 25.5. The molecule has 106 valence electrons. The maximum Gasteiger partial charge on any atom is 0.0774 e.